The third-order valence-electron chi connectivity index (χ3n) is 3.96. The number of carbonyl (C=O) groups excluding carboxylic acids is 2. The average molecular weight is 326 g/mol. The van der Waals surface area contributed by atoms with Crippen molar-refractivity contribution in [2.24, 2.45) is 5.73 Å². The van der Waals surface area contributed by atoms with Crippen LogP contribution in [0.2, 0.25) is 0 Å². The molecule has 0 spiro atoms. The van der Waals surface area contributed by atoms with Crippen LogP contribution in [-0.2, 0) is 9.47 Å². The Balaban J connectivity index is 1.61. The molecule has 0 heterocycles. The highest BCUT2D eigenvalue weighted by Gasteiger charge is 2.28. The van der Waals surface area contributed by atoms with Gasteiger partial charge < -0.3 is 20.5 Å². The van der Waals surface area contributed by atoms with Gasteiger partial charge in [0.1, 0.15) is 13.2 Å². The van der Waals surface area contributed by atoms with Crippen LogP contribution in [0.5, 0.6) is 0 Å². The Morgan fingerprint density at radius 2 is 1.54 bits per heavy atom. The van der Waals surface area contributed by atoms with Gasteiger partial charge in [-0.05, 0) is 22.3 Å². The molecule has 124 valence electrons. The van der Waals surface area contributed by atoms with Crippen molar-refractivity contribution in [3.8, 4) is 11.1 Å². The van der Waals surface area contributed by atoms with E-state index < -0.39 is 12.2 Å². The maximum atomic E-state index is 11.8. The summed E-state index contributed by atoms with van der Waals surface area (Å²) in [5.41, 5.74) is 9.50. The number of fused-ring (bicyclic) bond motifs is 3. The largest absolute Gasteiger partial charge is 0.449 e. The highest BCUT2D eigenvalue weighted by atomic mass is 16.6. The summed E-state index contributed by atoms with van der Waals surface area (Å²) in [6.07, 6.45) is -1.42. The number of hydrogen-bond acceptors (Lipinski definition) is 4. The Morgan fingerprint density at radius 3 is 2.12 bits per heavy atom. The zero-order chi connectivity index (χ0) is 16.9. The molecule has 2 aromatic rings. The van der Waals surface area contributed by atoms with Gasteiger partial charge in [0, 0.05) is 5.92 Å². The van der Waals surface area contributed by atoms with Crippen LogP contribution < -0.4 is 11.1 Å². The molecular weight excluding hydrogens is 308 g/mol. The smallest absolute Gasteiger partial charge is 0.407 e. The van der Waals surface area contributed by atoms with Crippen LogP contribution in [0.3, 0.4) is 0 Å². The van der Waals surface area contributed by atoms with Gasteiger partial charge in [0.05, 0.1) is 6.54 Å². The summed E-state index contributed by atoms with van der Waals surface area (Å²) >= 11 is 0. The lowest BCUT2D eigenvalue weighted by Gasteiger charge is -2.14. The molecule has 6 nitrogen and oxygen atoms in total. The second-order valence-corrected chi connectivity index (χ2v) is 5.42. The number of ether oxygens (including phenoxy) is 2. The van der Waals surface area contributed by atoms with E-state index in [1.165, 1.54) is 11.1 Å². The van der Waals surface area contributed by atoms with E-state index in [1.54, 1.807) is 0 Å². The van der Waals surface area contributed by atoms with Gasteiger partial charge in [0.25, 0.3) is 0 Å². The molecule has 0 fully saturated rings. The number of nitrogens with two attached hydrogens (primary N) is 1. The van der Waals surface area contributed by atoms with E-state index in [9.17, 15) is 9.59 Å². The van der Waals surface area contributed by atoms with E-state index in [4.69, 9.17) is 10.5 Å². The van der Waals surface area contributed by atoms with Crippen LogP contribution in [0.15, 0.2) is 48.5 Å². The van der Waals surface area contributed by atoms with E-state index in [0.717, 1.165) is 11.1 Å². The van der Waals surface area contributed by atoms with Crippen LogP contribution in [0.1, 0.15) is 17.0 Å². The number of benzene rings is 2. The van der Waals surface area contributed by atoms with Crippen molar-refractivity contribution in [2.45, 2.75) is 5.92 Å². The topological polar surface area (TPSA) is 90.7 Å². The van der Waals surface area contributed by atoms with Gasteiger partial charge in [-0.2, -0.15) is 0 Å². The van der Waals surface area contributed by atoms with E-state index in [1.807, 2.05) is 24.3 Å². The number of primary amides is 1. The maximum absolute atomic E-state index is 11.8. The lowest BCUT2D eigenvalue weighted by Crippen LogP contribution is -2.30. The zero-order valence-corrected chi connectivity index (χ0v) is 13.0. The molecule has 0 bridgehead atoms. The number of hydrogen-bond donors (Lipinski definition) is 2. The van der Waals surface area contributed by atoms with Crippen molar-refractivity contribution in [1.29, 1.82) is 0 Å². The first-order valence-electron chi connectivity index (χ1n) is 7.68. The molecule has 24 heavy (non-hydrogen) atoms. The molecule has 0 aliphatic heterocycles. The second-order valence-electron chi connectivity index (χ2n) is 5.42. The summed E-state index contributed by atoms with van der Waals surface area (Å²) in [4.78, 5) is 22.2. The van der Waals surface area contributed by atoms with Crippen LogP contribution >= 0.6 is 0 Å². The van der Waals surface area contributed by atoms with Gasteiger partial charge >= 0.3 is 12.2 Å². The van der Waals surface area contributed by atoms with Gasteiger partial charge in [-0.25, -0.2) is 9.59 Å². The molecule has 1 aliphatic carbocycles. The zero-order valence-electron chi connectivity index (χ0n) is 13.0. The van der Waals surface area contributed by atoms with Crippen LogP contribution in [0.25, 0.3) is 11.1 Å². The van der Waals surface area contributed by atoms with E-state index >= 15 is 0 Å². The van der Waals surface area contributed by atoms with Crippen molar-refractivity contribution in [2.75, 3.05) is 19.8 Å². The Labute approximate surface area is 139 Å². The Kier molecular flexibility index (Phi) is 4.65. The minimum absolute atomic E-state index is 0.0134. The first-order valence-corrected chi connectivity index (χ1v) is 7.68. The van der Waals surface area contributed by atoms with E-state index in [2.05, 4.69) is 34.3 Å². The number of alkyl carbamates (subject to hydrolysis) is 1. The molecule has 3 N–H and O–H groups in total. The summed E-state index contributed by atoms with van der Waals surface area (Å²) in [5.74, 6) is 0.0185. The molecule has 6 heteroatoms. The molecule has 0 atom stereocenters. The summed E-state index contributed by atoms with van der Waals surface area (Å²) in [5, 5.41) is 2.52. The van der Waals surface area contributed by atoms with Gasteiger partial charge in [-0.3, -0.25) is 0 Å². The Hall–Kier alpha value is -3.02. The van der Waals surface area contributed by atoms with Crippen molar-refractivity contribution in [3.05, 3.63) is 59.7 Å². The summed E-state index contributed by atoms with van der Waals surface area (Å²) in [7, 11) is 0. The van der Waals surface area contributed by atoms with Gasteiger partial charge in [-0.1, -0.05) is 48.5 Å². The standard InChI is InChI=1S/C18H18N2O4/c19-17(21)23-10-9-20-18(22)24-11-16-14-7-3-1-5-12(14)13-6-2-4-8-15(13)16/h1-8,16H,9-11H2,(H2,19,21)(H,20,22). The fourth-order valence-corrected chi connectivity index (χ4v) is 2.95. The highest BCUT2D eigenvalue weighted by Crippen LogP contribution is 2.44. The minimum Gasteiger partial charge on any atom is -0.449 e. The maximum Gasteiger partial charge on any atom is 0.407 e. The van der Waals surface area contributed by atoms with Crippen molar-refractivity contribution in [3.63, 3.8) is 0 Å². The first kappa shape index (κ1) is 15.9. The van der Waals surface area contributed by atoms with Crippen molar-refractivity contribution < 1.29 is 19.1 Å². The molecule has 0 saturated carbocycles. The highest BCUT2D eigenvalue weighted by molar-refractivity contribution is 5.79. The average Bonchev–Trinajstić information content (AvgIpc) is 2.91. The number of nitrogens with one attached hydrogen (secondary N) is 1. The molecule has 2 aromatic carbocycles. The number of carbonyl (C=O) groups is 2. The normalized spacial score (nSPS) is 12.2. The van der Waals surface area contributed by atoms with E-state index in [-0.39, 0.29) is 25.7 Å². The molecule has 3 rings (SSSR count). The van der Waals surface area contributed by atoms with E-state index in [0.29, 0.717) is 0 Å². The summed E-state index contributed by atoms with van der Waals surface area (Å²) in [6, 6.07) is 16.3. The quantitative estimate of drug-likeness (QED) is 0.826. The third kappa shape index (κ3) is 3.32. The third-order valence-corrected chi connectivity index (χ3v) is 3.96. The van der Waals surface area contributed by atoms with Gasteiger partial charge in [0.15, 0.2) is 0 Å². The Morgan fingerprint density at radius 1 is 0.958 bits per heavy atom. The molecule has 2 amide bonds. The summed E-state index contributed by atoms with van der Waals surface area (Å²) in [6.45, 7) is 0.412. The van der Waals surface area contributed by atoms with Gasteiger partial charge in [-0.15, -0.1) is 0 Å². The van der Waals surface area contributed by atoms with Crippen molar-refractivity contribution in [1.82, 2.24) is 5.32 Å². The SMILES string of the molecule is NC(=O)OCCNC(=O)OCC1c2ccccc2-c2ccccc21. The lowest BCUT2D eigenvalue weighted by atomic mass is 9.98. The van der Waals surface area contributed by atoms with Gasteiger partial charge in [0.2, 0.25) is 0 Å². The molecule has 0 aromatic heterocycles. The Bertz CT molecular complexity index is 715. The lowest BCUT2D eigenvalue weighted by molar-refractivity contribution is 0.133. The predicted molar refractivity (Wildman–Crippen MR) is 88.6 cm³/mol. The molecule has 1 aliphatic rings. The fourth-order valence-electron chi connectivity index (χ4n) is 2.95. The molecule has 0 saturated heterocycles. The van der Waals surface area contributed by atoms with Crippen molar-refractivity contribution >= 4 is 12.2 Å². The fraction of sp³-hybridized carbons (Fsp3) is 0.222. The summed E-state index contributed by atoms with van der Waals surface area (Å²) < 4.78 is 9.86. The van der Waals surface area contributed by atoms with Crippen LogP contribution in [0, 0.1) is 0 Å². The minimum atomic E-state index is -0.871. The first-order chi connectivity index (χ1) is 11.7. The van der Waals surface area contributed by atoms with Crippen LogP contribution in [0.4, 0.5) is 9.59 Å². The monoisotopic (exact) mass is 326 g/mol. The predicted octanol–water partition coefficient (Wildman–Crippen LogP) is 2.62. The molecule has 0 unspecified atom stereocenters. The molecular formula is C18H18N2O4. The molecule has 0 radical (unpaired) electrons. The second kappa shape index (κ2) is 7.04. The number of amides is 2. The number of rotatable bonds is 5. The van der Waals surface area contributed by atoms with Crippen LogP contribution in [-0.4, -0.2) is 31.9 Å².